The summed E-state index contributed by atoms with van der Waals surface area (Å²) in [5, 5.41) is 4.29. The van der Waals surface area contributed by atoms with Crippen LogP contribution in [0.15, 0.2) is 17.2 Å². The molecule has 3 heterocycles. The first-order chi connectivity index (χ1) is 10.7. The van der Waals surface area contributed by atoms with Crippen LogP contribution < -0.4 is 15.8 Å². The van der Waals surface area contributed by atoms with Gasteiger partial charge in [-0.25, -0.2) is 9.97 Å². The summed E-state index contributed by atoms with van der Waals surface area (Å²) in [4.78, 5) is 23.0. The van der Waals surface area contributed by atoms with E-state index >= 15 is 0 Å². The van der Waals surface area contributed by atoms with Crippen molar-refractivity contribution in [3.63, 3.8) is 0 Å². The molecule has 7 nitrogen and oxygen atoms in total. The third kappa shape index (κ3) is 3.11. The maximum absolute atomic E-state index is 12.2. The molecule has 118 valence electrons. The highest BCUT2D eigenvalue weighted by Gasteiger charge is 2.23. The maximum atomic E-state index is 12.2. The van der Waals surface area contributed by atoms with Crippen LogP contribution in [-0.2, 0) is 13.5 Å². The van der Waals surface area contributed by atoms with Crippen LogP contribution in [0.2, 0.25) is 0 Å². The fraction of sp³-hybridized carbons (Fsp3) is 0.571. The zero-order valence-corrected chi connectivity index (χ0v) is 13.6. The van der Waals surface area contributed by atoms with Crippen molar-refractivity contribution < 1.29 is 0 Å². The molecular weight excluding hydrogens is 300 g/mol. The Balaban J connectivity index is 1.71. The quantitative estimate of drug-likeness (QED) is 0.914. The lowest BCUT2D eigenvalue weighted by atomic mass is 10.1. The first kappa shape index (κ1) is 15.0. The van der Waals surface area contributed by atoms with Crippen molar-refractivity contribution in [1.29, 1.82) is 0 Å². The summed E-state index contributed by atoms with van der Waals surface area (Å²) in [6, 6.07) is 0.262. The molecule has 0 spiro atoms. The van der Waals surface area contributed by atoms with E-state index < -0.39 is 0 Å². The van der Waals surface area contributed by atoms with Gasteiger partial charge in [0.2, 0.25) is 5.13 Å². The first-order valence-electron chi connectivity index (χ1n) is 7.53. The Morgan fingerprint density at radius 2 is 2.36 bits per heavy atom. The highest BCUT2D eigenvalue weighted by atomic mass is 32.1. The summed E-state index contributed by atoms with van der Waals surface area (Å²) in [5.74, 6) is 1.40. The molecule has 0 bridgehead atoms. The molecule has 2 aromatic heterocycles. The van der Waals surface area contributed by atoms with Crippen LogP contribution in [0.4, 0.5) is 10.9 Å². The molecule has 1 aliphatic heterocycles. The minimum atomic E-state index is -0.0488. The zero-order valence-electron chi connectivity index (χ0n) is 12.8. The van der Waals surface area contributed by atoms with E-state index in [1.165, 1.54) is 11.5 Å². The highest BCUT2D eigenvalue weighted by molar-refractivity contribution is 7.09. The highest BCUT2D eigenvalue weighted by Crippen LogP contribution is 2.19. The monoisotopic (exact) mass is 320 g/mol. The number of aromatic nitrogens is 4. The SMILES string of the molecule is CCc1nsc(N[C@@H]2CCCN(c3nccn(C)c3=O)C2)n1. The number of nitrogens with zero attached hydrogens (tertiary/aromatic N) is 5. The molecule has 1 saturated heterocycles. The third-order valence-electron chi connectivity index (χ3n) is 3.83. The summed E-state index contributed by atoms with van der Waals surface area (Å²) in [7, 11) is 1.75. The van der Waals surface area contributed by atoms with Gasteiger partial charge in [0.15, 0.2) is 5.82 Å². The molecule has 0 saturated carbocycles. The predicted molar refractivity (Wildman–Crippen MR) is 87.6 cm³/mol. The lowest BCUT2D eigenvalue weighted by Crippen LogP contribution is -2.45. The standard InChI is InChI=1S/C14H20N6OS/c1-3-11-17-14(22-18-11)16-10-5-4-7-20(9-10)12-13(21)19(2)8-6-15-12/h6,8,10H,3-5,7,9H2,1-2H3,(H,16,17,18)/t10-/m1/s1. The lowest BCUT2D eigenvalue weighted by molar-refractivity contribution is 0.523. The molecule has 0 aromatic carbocycles. The fourth-order valence-corrected chi connectivity index (χ4v) is 3.35. The van der Waals surface area contributed by atoms with Gasteiger partial charge < -0.3 is 14.8 Å². The van der Waals surface area contributed by atoms with Gasteiger partial charge in [-0.1, -0.05) is 6.92 Å². The smallest absolute Gasteiger partial charge is 0.293 e. The number of aryl methyl sites for hydroxylation is 2. The molecule has 1 aliphatic rings. The number of hydrogen-bond donors (Lipinski definition) is 1. The van der Waals surface area contributed by atoms with Gasteiger partial charge >= 0.3 is 0 Å². The summed E-state index contributed by atoms with van der Waals surface area (Å²) < 4.78 is 5.86. The van der Waals surface area contributed by atoms with Crippen LogP contribution in [0, 0.1) is 0 Å². The second-order valence-electron chi connectivity index (χ2n) is 5.47. The van der Waals surface area contributed by atoms with Gasteiger partial charge in [0.05, 0.1) is 0 Å². The largest absolute Gasteiger partial charge is 0.356 e. The molecule has 0 unspecified atom stereocenters. The van der Waals surface area contributed by atoms with Gasteiger partial charge in [-0.3, -0.25) is 4.79 Å². The molecule has 1 atom stereocenters. The average molecular weight is 320 g/mol. The van der Waals surface area contributed by atoms with Crippen LogP contribution >= 0.6 is 11.5 Å². The van der Waals surface area contributed by atoms with Crippen LogP contribution in [0.1, 0.15) is 25.6 Å². The van der Waals surface area contributed by atoms with E-state index in [9.17, 15) is 4.79 Å². The Labute approximate surface area is 133 Å². The van der Waals surface area contributed by atoms with E-state index in [0.29, 0.717) is 5.82 Å². The van der Waals surface area contributed by atoms with Crippen molar-refractivity contribution >= 4 is 22.5 Å². The van der Waals surface area contributed by atoms with Crippen LogP contribution in [-0.4, -0.2) is 38.0 Å². The number of hydrogen-bond acceptors (Lipinski definition) is 7. The van der Waals surface area contributed by atoms with Crippen molar-refractivity contribution in [2.24, 2.45) is 7.05 Å². The fourth-order valence-electron chi connectivity index (χ4n) is 2.62. The van der Waals surface area contributed by atoms with E-state index in [4.69, 9.17) is 0 Å². The second kappa shape index (κ2) is 6.43. The molecule has 1 fully saturated rings. The average Bonchev–Trinajstić information content (AvgIpc) is 2.98. The molecule has 0 amide bonds. The van der Waals surface area contributed by atoms with Gasteiger partial charge in [0.25, 0.3) is 5.56 Å². The van der Waals surface area contributed by atoms with Crippen molar-refractivity contribution in [1.82, 2.24) is 18.9 Å². The molecular formula is C14H20N6OS. The predicted octanol–water partition coefficient (Wildman–Crippen LogP) is 1.28. The minimum absolute atomic E-state index is 0.0488. The summed E-state index contributed by atoms with van der Waals surface area (Å²) in [6.45, 7) is 3.67. The van der Waals surface area contributed by atoms with Gasteiger partial charge in [0, 0.05) is 56.5 Å². The van der Waals surface area contributed by atoms with Gasteiger partial charge in [-0.2, -0.15) is 4.37 Å². The van der Waals surface area contributed by atoms with Crippen molar-refractivity contribution in [3.8, 4) is 0 Å². The molecule has 2 aromatic rings. The Morgan fingerprint density at radius 3 is 3.14 bits per heavy atom. The van der Waals surface area contributed by atoms with Gasteiger partial charge in [-0.15, -0.1) is 0 Å². The Bertz CT molecular complexity index is 697. The van der Waals surface area contributed by atoms with E-state index in [2.05, 4.69) is 24.6 Å². The van der Waals surface area contributed by atoms with Crippen molar-refractivity contribution in [3.05, 3.63) is 28.6 Å². The van der Waals surface area contributed by atoms with Crippen LogP contribution in [0.5, 0.6) is 0 Å². The molecule has 3 rings (SSSR count). The first-order valence-corrected chi connectivity index (χ1v) is 8.30. The van der Waals surface area contributed by atoms with E-state index in [1.54, 1.807) is 24.0 Å². The lowest BCUT2D eigenvalue weighted by Gasteiger charge is -2.33. The van der Waals surface area contributed by atoms with Crippen molar-refractivity contribution in [2.75, 3.05) is 23.3 Å². The summed E-state index contributed by atoms with van der Waals surface area (Å²) >= 11 is 1.40. The van der Waals surface area contributed by atoms with Crippen LogP contribution in [0.25, 0.3) is 0 Å². The van der Waals surface area contributed by atoms with Crippen molar-refractivity contribution in [2.45, 2.75) is 32.2 Å². The normalized spacial score (nSPS) is 18.5. The van der Waals surface area contributed by atoms with E-state index in [-0.39, 0.29) is 11.6 Å². The molecule has 22 heavy (non-hydrogen) atoms. The Hall–Kier alpha value is -1.96. The molecule has 0 aliphatic carbocycles. The number of piperidine rings is 1. The minimum Gasteiger partial charge on any atom is -0.356 e. The number of anilines is 2. The Morgan fingerprint density at radius 1 is 1.50 bits per heavy atom. The number of nitrogens with one attached hydrogen (secondary N) is 1. The van der Waals surface area contributed by atoms with E-state index in [0.717, 1.165) is 43.3 Å². The maximum Gasteiger partial charge on any atom is 0.293 e. The van der Waals surface area contributed by atoms with E-state index in [1.807, 2.05) is 6.92 Å². The second-order valence-corrected chi connectivity index (χ2v) is 6.22. The summed E-state index contributed by atoms with van der Waals surface area (Å²) in [5.41, 5.74) is -0.0488. The Kier molecular flexibility index (Phi) is 4.37. The zero-order chi connectivity index (χ0) is 15.5. The number of rotatable bonds is 4. The van der Waals surface area contributed by atoms with Crippen LogP contribution in [0.3, 0.4) is 0 Å². The topological polar surface area (TPSA) is 75.9 Å². The van der Waals surface area contributed by atoms with Gasteiger partial charge in [-0.05, 0) is 12.8 Å². The summed E-state index contributed by atoms with van der Waals surface area (Å²) in [6.07, 6.45) is 6.28. The molecule has 0 radical (unpaired) electrons. The molecule has 8 heteroatoms. The third-order valence-corrected chi connectivity index (χ3v) is 4.52. The van der Waals surface area contributed by atoms with Gasteiger partial charge in [0.1, 0.15) is 5.82 Å². The molecule has 1 N–H and O–H groups in total.